The molecule has 0 aromatic heterocycles. The van der Waals surface area contributed by atoms with Crippen LogP contribution in [-0.4, -0.2) is 29.4 Å². The van der Waals surface area contributed by atoms with Crippen LogP contribution in [0.2, 0.25) is 0 Å². The van der Waals surface area contributed by atoms with Crippen molar-refractivity contribution in [2.75, 3.05) is 16.8 Å². The highest BCUT2D eigenvalue weighted by Crippen LogP contribution is 2.31. The number of esters is 1. The average Bonchev–Trinajstić information content (AvgIpc) is 3.36. The van der Waals surface area contributed by atoms with E-state index in [2.05, 4.69) is 19.2 Å². The zero-order valence-electron chi connectivity index (χ0n) is 23.3. The largest absolute Gasteiger partial charge is 0.508 e. The van der Waals surface area contributed by atoms with Gasteiger partial charge in [-0.25, -0.2) is 0 Å². The number of amides is 2. The minimum Gasteiger partial charge on any atom is -0.508 e. The van der Waals surface area contributed by atoms with E-state index in [-0.39, 0.29) is 30.5 Å². The summed E-state index contributed by atoms with van der Waals surface area (Å²) in [5.74, 6) is -0.537. The Morgan fingerprint density at radius 3 is 2.44 bits per heavy atom. The van der Waals surface area contributed by atoms with E-state index in [1.54, 1.807) is 53.4 Å². The molecule has 0 aliphatic carbocycles. The van der Waals surface area contributed by atoms with Crippen molar-refractivity contribution >= 4 is 29.2 Å². The van der Waals surface area contributed by atoms with E-state index in [1.165, 1.54) is 0 Å². The van der Waals surface area contributed by atoms with Crippen LogP contribution in [0.25, 0.3) is 11.1 Å². The van der Waals surface area contributed by atoms with Crippen LogP contribution in [0.4, 0.5) is 11.4 Å². The van der Waals surface area contributed by atoms with Gasteiger partial charge in [-0.1, -0.05) is 56.3 Å². The van der Waals surface area contributed by atoms with E-state index in [0.717, 1.165) is 22.3 Å². The Balaban J connectivity index is 1.28. The molecule has 1 heterocycles. The molecule has 5 rings (SSSR count). The van der Waals surface area contributed by atoms with Crippen LogP contribution >= 0.6 is 0 Å². The molecule has 4 aromatic carbocycles. The minimum atomic E-state index is -0.591. The number of carbonyl (C=O) groups is 3. The number of hydrogen-bond acceptors (Lipinski definition) is 5. The van der Waals surface area contributed by atoms with Crippen molar-refractivity contribution in [3.05, 3.63) is 108 Å². The first-order valence-corrected chi connectivity index (χ1v) is 13.6. The van der Waals surface area contributed by atoms with Crippen LogP contribution in [-0.2, 0) is 9.59 Å². The average molecular weight is 549 g/mol. The van der Waals surface area contributed by atoms with Crippen molar-refractivity contribution in [3.63, 3.8) is 0 Å². The number of phenols is 1. The van der Waals surface area contributed by atoms with Gasteiger partial charge in [-0.15, -0.1) is 0 Å². The van der Waals surface area contributed by atoms with E-state index in [4.69, 9.17) is 4.74 Å². The summed E-state index contributed by atoms with van der Waals surface area (Å²) in [6.07, 6.45) is 0.0579. The Bertz CT molecular complexity index is 1610. The van der Waals surface area contributed by atoms with E-state index in [0.29, 0.717) is 28.6 Å². The van der Waals surface area contributed by atoms with Gasteiger partial charge in [-0.3, -0.25) is 14.4 Å². The van der Waals surface area contributed by atoms with Gasteiger partial charge < -0.3 is 20.1 Å². The molecule has 1 atom stereocenters. The van der Waals surface area contributed by atoms with Crippen molar-refractivity contribution < 1.29 is 24.2 Å². The van der Waals surface area contributed by atoms with Crippen LogP contribution in [0.15, 0.2) is 91.0 Å². The summed E-state index contributed by atoms with van der Waals surface area (Å²) in [5.41, 5.74) is 5.29. The Labute approximate surface area is 239 Å². The maximum atomic E-state index is 13.2. The van der Waals surface area contributed by atoms with Crippen molar-refractivity contribution in [1.82, 2.24) is 0 Å². The lowest BCUT2D eigenvalue weighted by molar-refractivity contribution is -0.139. The molecule has 2 amide bonds. The minimum absolute atomic E-state index is 0.0579. The molecule has 4 aromatic rings. The molecule has 1 saturated heterocycles. The van der Waals surface area contributed by atoms with E-state index in [1.807, 2.05) is 49.4 Å². The number of aromatic hydroxyl groups is 1. The molecule has 7 nitrogen and oxygen atoms in total. The van der Waals surface area contributed by atoms with E-state index < -0.39 is 11.9 Å². The Hall–Kier alpha value is -4.91. The zero-order chi connectivity index (χ0) is 29.1. The summed E-state index contributed by atoms with van der Waals surface area (Å²) in [4.78, 5) is 40.6. The van der Waals surface area contributed by atoms with Crippen molar-refractivity contribution in [2.24, 2.45) is 5.92 Å². The lowest BCUT2D eigenvalue weighted by Gasteiger charge is -2.19. The normalized spacial score (nSPS) is 14.8. The van der Waals surface area contributed by atoms with Gasteiger partial charge in [0.15, 0.2) is 0 Å². The first-order chi connectivity index (χ1) is 19.7. The quantitative estimate of drug-likeness (QED) is 0.198. The van der Waals surface area contributed by atoms with Crippen molar-refractivity contribution in [3.8, 4) is 22.6 Å². The summed E-state index contributed by atoms with van der Waals surface area (Å²) in [6, 6.07) is 26.9. The number of benzene rings is 4. The van der Waals surface area contributed by atoms with Crippen LogP contribution in [0.5, 0.6) is 11.5 Å². The summed E-state index contributed by atoms with van der Waals surface area (Å²) >= 11 is 0. The van der Waals surface area contributed by atoms with E-state index >= 15 is 0 Å². The zero-order valence-corrected chi connectivity index (χ0v) is 23.3. The Kier molecular flexibility index (Phi) is 7.88. The van der Waals surface area contributed by atoms with Gasteiger partial charge >= 0.3 is 5.97 Å². The van der Waals surface area contributed by atoms with E-state index in [9.17, 15) is 19.5 Å². The monoisotopic (exact) mass is 548 g/mol. The van der Waals surface area contributed by atoms with Gasteiger partial charge in [0.2, 0.25) is 5.91 Å². The molecule has 0 spiro atoms. The van der Waals surface area contributed by atoms with Gasteiger partial charge in [-0.2, -0.15) is 0 Å². The molecule has 2 N–H and O–H groups in total. The lowest BCUT2D eigenvalue weighted by atomic mass is 10.0. The molecule has 1 fully saturated rings. The lowest BCUT2D eigenvalue weighted by Crippen LogP contribution is -2.27. The molecular weight excluding hydrogens is 516 g/mol. The first kappa shape index (κ1) is 27.6. The number of rotatable bonds is 7. The third-order valence-corrected chi connectivity index (χ3v) is 7.31. The number of hydrogen-bond donors (Lipinski definition) is 2. The van der Waals surface area contributed by atoms with Crippen molar-refractivity contribution in [1.29, 1.82) is 0 Å². The number of phenolic OH excluding ortho intramolecular Hbond substituents is 1. The van der Waals surface area contributed by atoms with Crippen LogP contribution in [0.3, 0.4) is 0 Å². The van der Waals surface area contributed by atoms with Crippen LogP contribution in [0.1, 0.15) is 47.7 Å². The molecule has 0 saturated carbocycles. The third kappa shape index (κ3) is 6.30. The summed E-state index contributed by atoms with van der Waals surface area (Å²) in [5, 5.41) is 12.5. The highest BCUT2D eigenvalue weighted by Gasteiger charge is 2.36. The second-order valence-electron chi connectivity index (χ2n) is 10.6. The predicted octanol–water partition coefficient (Wildman–Crippen LogP) is 6.70. The van der Waals surface area contributed by atoms with Gasteiger partial charge in [0, 0.05) is 29.9 Å². The maximum absolute atomic E-state index is 13.2. The number of aryl methyl sites for hydroxylation is 1. The molecule has 208 valence electrons. The SMILES string of the molecule is Cc1ccc(N2CC(C(=O)Oc3cccc(C(C)C)c3)CC2=O)cc1NC(=O)c1cccc(-c2ccc(O)cc2)c1. The number of nitrogens with zero attached hydrogens (tertiary/aromatic N) is 1. The second kappa shape index (κ2) is 11.7. The topological polar surface area (TPSA) is 95.9 Å². The Morgan fingerprint density at radius 2 is 1.68 bits per heavy atom. The van der Waals surface area contributed by atoms with Crippen molar-refractivity contribution in [2.45, 2.75) is 33.1 Å². The molecule has 7 heteroatoms. The number of ether oxygens (including phenoxy) is 1. The summed E-state index contributed by atoms with van der Waals surface area (Å²) in [6.45, 7) is 6.22. The third-order valence-electron chi connectivity index (χ3n) is 7.31. The fourth-order valence-corrected chi connectivity index (χ4v) is 4.85. The molecule has 0 radical (unpaired) electrons. The van der Waals surface area contributed by atoms with Crippen LogP contribution in [0, 0.1) is 12.8 Å². The summed E-state index contributed by atoms with van der Waals surface area (Å²) < 4.78 is 5.63. The standard InChI is InChI=1S/C34H32N2O5/c1-21(2)24-6-5-9-30(17-24)41-34(40)27-18-32(38)36(20-27)28-13-10-22(3)31(19-28)35-33(39)26-8-4-7-25(16-26)23-11-14-29(37)15-12-23/h4-17,19,21,27,37H,18,20H2,1-3H3,(H,35,39). The van der Waals surface area contributed by atoms with Gasteiger partial charge in [-0.05, 0) is 83.6 Å². The number of carbonyl (C=O) groups excluding carboxylic acids is 3. The fourth-order valence-electron chi connectivity index (χ4n) is 4.85. The molecular formula is C34H32N2O5. The smallest absolute Gasteiger partial charge is 0.316 e. The van der Waals surface area contributed by atoms with Gasteiger partial charge in [0.25, 0.3) is 5.91 Å². The fraction of sp³-hybridized carbons (Fsp3) is 0.206. The molecule has 1 unspecified atom stereocenters. The molecule has 0 bridgehead atoms. The first-order valence-electron chi connectivity index (χ1n) is 13.6. The second-order valence-corrected chi connectivity index (χ2v) is 10.6. The molecule has 1 aliphatic rings. The maximum Gasteiger partial charge on any atom is 0.316 e. The highest BCUT2D eigenvalue weighted by molar-refractivity contribution is 6.06. The van der Waals surface area contributed by atoms with Gasteiger partial charge in [0.1, 0.15) is 11.5 Å². The Morgan fingerprint density at radius 1 is 0.927 bits per heavy atom. The predicted molar refractivity (Wildman–Crippen MR) is 159 cm³/mol. The van der Waals surface area contributed by atoms with Gasteiger partial charge in [0.05, 0.1) is 5.92 Å². The number of nitrogens with one attached hydrogen (secondary N) is 1. The number of anilines is 2. The molecule has 41 heavy (non-hydrogen) atoms. The van der Waals surface area contributed by atoms with Crippen LogP contribution < -0.4 is 15.0 Å². The highest BCUT2D eigenvalue weighted by atomic mass is 16.5. The summed E-state index contributed by atoms with van der Waals surface area (Å²) in [7, 11) is 0. The molecule has 1 aliphatic heterocycles.